The zero-order chi connectivity index (χ0) is 12.2. The van der Waals surface area contributed by atoms with Gasteiger partial charge in [-0.05, 0) is 12.0 Å². The summed E-state index contributed by atoms with van der Waals surface area (Å²) >= 11 is 0. The summed E-state index contributed by atoms with van der Waals surface area (Å²) in [5.74, 6) is -1.02. The lowest BCUT2D eigenvalue weighted by Gasteiger charge is -2.24. The van der Waals surface area contributed by atoms with E-state index < -0.39 is 21.3 Å². The molecule has 1 unspecified atom stereocenters. The van der Waals surface area contributed by atoms with Crippen molar-refractivity contribution >= 4 is 15.7 Å². The maximum atomic E-state index is 11.3. The zero-order valence-corrected chi connectivity index (χ0v) is 9.40. The van der Waals surface area contributed by atoms with E-state index in [1.165, 1.54) is 0 Å². The number of hydrogen-bond donors (Lipinski definition) is 2. The van der Waals surface area contributed by atoms with E-state index in [0.29, 0.717) is 0 Å². The molecule has 1 atom stereocenters. The maximum Gasteiger partial charge on any atom is 0.238 e. The summed E-state index contributed by atoms with van der Waals surface area (Å²) in [5, 5.41) is 6.04. The predicted octanol–water partition coefficient (Wildman–Crippen LogP) is -1.07. The standard InChI is InChI=1S/C7H13N5O3S/c8-6(13)7(10-2-3-11-12-9)1-4-16(14,15)5-7/h10H,1-5H2,(H2,8,13). The second kappa shape index (κ2) is 4.69. The smallest absolute Gasteiger partial charge is 0.238 e. The number of hydrogen-bond acceptors (Lipinski definition) is 5. The van der Waals surface area contributed by atoms with Crippen LogP contribution in [0.3, 0.4) is 0 Å². The Balaban J connectivity index is 2.69. The van der Waals surface area contributed by atoms with Crippen molar-refractivity contribution in [2.45, 2.75) is 12.0 Å². The van der Waals surface area contributed by atoms with E-state index in [1.807, 2.05) is 0 Å². The third-order valence-corrected chi connectivity index (χ3v) is 4.28. The van der Waals surface area contributed by atoms with Gasteiger partial charge in [-0.15, -0.1) is 0 Å². The molecule has 1 aliphatic heterocycles. The lowest BCUT2D eigenvalue weighted by atomic mass is 9.98. The van der Waals surface area contributed by atoms with Gasteiger partial charge in [-0.3, -0.25) is 4.79 Å². The Hall–Kier alpha value is -1.31. The first kappa shape index (κ1) is 12.8. The summed E-state index contributed by atoms with van der Waals surface area (Å²) < 4.78 is 22.6. The van der Waals surface area contributed by atoms with Gasteiger partial charge < -0.3 is 11.1 Å². The zero-order valence-electron chi connectivity index (χ0n) is 8.59. The van der Waals surface area contributed by atoms with E-state index in [0.717, 1.165) is 0 Å². The average Bonchev–Trinajstić information content (AvgIpc) is 2.51. The van der Waals surface area contributed by atoms with Gasteiger partial charge in [-0.1, -0.05) is 5.11 Å². The van der Waals surface area contributed by atoms with Gasteiger partial charge in [0.15, 0.2) is 9.84 Å². The highest BCUT2D eigenvalue weighted by Gasteiger charge is 2.46. The number of azide groups is 1. The van der Waals surface area contributed by atoms with Crippen LogP contribution in [-0.2, 0) is 14.6 Å². The van der Waals surface area contributed by atoms with E-state index in [2.05, 4.69) is 15.3 Å². The molecule has 1 saturated heterocycles. The third kappa shape index (κ3) is 2.84. The highest BCUT2D eigenvalue weighted by Crippen LogP contribution is 2.22. The molecule has 1 amide bonds. The molecule has 16 heavy (non-hydrogen) atoms. The molecule has 9 heteroatoms. The van der Waals surface area contributed by atoms with Crippen molar-refractivity contribution in [3.05, 3.63) is 10.4 Å². The first-order valence-corrected chi connectivity index (χ1v) is 6.50. The predicted molar refractivity (Wildman–Crippen MR) is 57.2 cm³/mol. The molecule has 8 nitrogen and oxygen atoms in total. The fraction of sp³-hybridized carbons (Fsp3) is 0.857. The number of carbonyl (C=O) groups is 1. The summed E-state index contributed by atoms with van der Waals surface area (Å²) in [6, 6.07) is 0. The quantitative estimate of drug-likeness (QED) is 0.276. The van der Waals surface area contributed by atoms with Crippen LogP contribution in [0.2, 0.25) is 0 Å². The molecule has 0 aromatic rings. The van der Waals surface area contributed by atoms with Crippen molar-refractivity contribution < 1.29 is 13.2 Å². The van der Waals surface area contributed by atoms with Crippen LogP contribution in [0.15, 0.2) is 5.11 Å². The molecule has 0 aliphatic carbocycles. The second-order valence-electron chi connectivity index (χ2n) is 3.67. The summed E-state index contributed by atoms with van der Waals surface area (Å²) in [5.41, 5.74) is 12.1. The molecule has 0 aromatic heterocycles. The maximum absolute atomic E-state index is 11.3. The molecule has 0 bridgehead atoms. The Morgan fingerprint density at radius 1 is 1.62 bits per heavy atom. The number of nitrogens with zero attached hydrogens (tertiary/aromatic N) is 3. The summed E-state index contributed by atoms with van der Waals surface area (Å²) in [4.78, 5) is 13.8. The van der Waals surface area contributed by atoms with Crippen molar-refractivity contribution in [3.8, 4) is 0 Å². The molecule has 1 aliphatic rings. The number of sulfone groups is 1. The van der Waals surface area contributed by atoms with Gasteiger partial charge in [0.2, 0.25) is 5.91 Å². The first-order valence-electron chi connectivity index (χ1n) is 4.68. The largest absolute Gasteiger partial charge is 0.368 e. The fourth-order valence-corrected chi connectivity index (χ4v) is 3.60. The van der Waals surface area contributed by atoms with Crippen LogP contribution in [-0.4, -0.2) is 44.5 Å². The Morgan fingerprint density at radius 3 is 2.75 bits per heavy atom. The molecule has 0 radical (unpaired) electrons. The number of nitrogens with one attached hydrogen (secondary N) is 1. The van der Waals surface area contributed by atoms with Crippen molar-refractivity contribution in [2.75, 3.05) is 24.6 Å². The highest BCUT2D eigenvalue weighted by atomic mass is 32.2. The molecule has 1 fully saturated rings. The topological polar surface area (TPSA) is 138 Å². The van der Waals surface area contributed by atoms with Crippen molar-refractivity contribution in [1.29, 1.82) is 0 Å². The summed E-state index contributed by atoms with van der Waals surface area (Å²) in [6.45, 7) is 0.369. The van der Waals surface area contributed by atoms with Gasteiger partial charge in [-0.25, -0.2) is 8.42 Å². The van der Waals surface area contributed by atoms with Crippen LogP contribution in [0.4, 0.5) is 0 Å². The molecule has 0 saturated carbocycles. The Kier molecular flexibility index (Phi) is 3.74. The Morgan fingerprint density at radius 2 is 2.31 bits per heavy atom. The number of amides is 1. The van der Waals surface area contributed by atoms with Gasteiger partial charge in [0, 0.05) is 18.0 Å². The van der Waals surface area contributed by atoms with E-state index in [9.17, 15) is 13.2 Å². The molecule has 3 N–H and O–H groups in total. The molecular formula is C7H13N5O3S. The Bertz CT molecular complexity index is 427. The van der Waals surface area contributed by atoms with E-state index in [-0.39, 0.29) is 31.0 Å². The van der Waals surface area contributed by atoms with Crippen molar-refractivity contribution in [2.24, 2.45) is 10.8 Å². The number of nitrogens with two attached hydrogens (primary N) is 1. The molecule has 1 rings (SSSR count). The SMILES string of the molecule is [N-]=[N+]=NCCNC1(C(N)=O)CCS(=O)(=O)C1. The van der Waals surface area contributed by atoms with E-state index in [1.54, 1.807) is 0 Å². The minimum atomic E-state index is -3.21. The Labute approximate surface area is 92.7 Å². The van der Waals surface area contributed by atoms with Gasteiger partial charge in [0.1, 0.15) is 5.54 Å². The average molecular weight is 247 g/mol. The van der Waals surface area contributed by atoms with Crippen molar-refractivity contribution in [3.63, 3.8) is 0 Å². The van der Waals surface area contributed by atoms with Gasteiger partial charge in [0.25, 0.3) is 0 Å². The van der Waals surface area contributed by atoms with Gasteiger partial charge in [0.05, 0.1) is 11.5 Å². The number of rotatable bonds is 5. The molecule has 90 valence electrons. The minimum absolute atomic E-state index is 0.0511. The molecule has 0 spiro atoms. The monoisotopic (exact) mass is 247 g/mol. The number of carbonyl (C=O) groups excluding carboxylic acids is 1. The molecule has 0 aromatic carbocycles. The van der Waals surface area contributed by atoms with E-state index >= 15 is 0 Å². The lowest BCUT2D eigenvalue weighted by molar-refractivity contribution is -0.123. The minimum Gasteiger partial charge on any atom is -0.368 e. The van der Waals surface area contributed by atoms with Crippen LogP contribution in [0.5, 0.6) is 0 Å². The second-order valence-corrected chi connectivity index (χ2v) is 5.85. The van der Waals surface area contributed by atoms with Crippen LogP contribution < -0.4 is 11.1 Å². The van der Waals surface area contributed by atoms with Crippen molar-refractivity contribution in [1.82, 2.24) is 5.32 Å². The van der Waals surface area contributed by atoms with Gasteiger partial charge in [-0.2, -0.15) is 0 Å². The lowest BCUT2D eigenvalue weighted by Crippen LogP contribution is -2.57. The number of primary amides is 1. The van der Waals surface area contributed by atoms with Gasteiger partial charge >= 0.3 is 0 Å². The normalized spacial score (nSPS) is 27.2. The fourth-order valence-electron chi connectivity index (χ4n) is 1.66. The van der Waals surface area contributed by atoms with Crippen LogP contribution in [0.25, 0.3) is 10.4 Å². The van der Waals surface area contributed by atoms with Crippen LogP contribution in [0.1, 0.15) is 6.42 Å². The highest BCUT2D eigenvalue weighted by molar-refractivity contribution is 7.91. The first-order chi connectivity index (χ1) is 7.42. The van der Waals surface area contributed by atoms with E-state index in [4.69, 9.17) is 11.3 Å². The third-order valence-electron chi connectivity index (χ3n) is 2.52. The molecule has 1 heterocycles. The summed E-state index contributed by atoms with van der Waals surface area (Å²) in [7, 11) is -3.21. The van der Waals surface area contributed by atoms with Crippen LogP contribution in [0, 0.1) is 0 Å². The molecular weight excluding hydrogens is 234 g/mol. The summed E-state index contributed by atoms with van der Waals surface area (Å²) in [6.07, 6.45) is 0.168. The van der Waals surface area contributed by atoms with Crippen LogP contribution >= 0.6 is 0 Å².